The minimum atomic E-state index is -0.0168. The lowest BCUT2D eigenvalue weighted by molar-refractivity contribution is 0.219. The Bertz CT molecular complexity index is 641. The van der Waals surface area contributed by atoms with Gasteiger partial charge in [0.05, 0.1) is 5.52 Å². The lowest BCUT2D eigenvalue weighted by atomic mass is 10.2. The molecule has 1 aromatic carbocycles. The van der Waals surface area contributed by atoms with Crippen LogP contribution in [0.25, 0.3) is 10.9 Å². The Labute approximate surface area is 121 Å². The Morgan fingerprint density at radius 2 is 2.11 bits per heavy atom. The molecule has 0 aliphatic carbocycles. The number of carbonyl (C=O) groups excluding carboxylic acids is 1. The molecular formula is C15H17BrN2O. The predicted molar refractivity (Wildman–Crippen MR) is 82.6 cm³/mol. The number of hydrogen-bond acceptors (Lipinski definition) is 1. The molecule has 1 aromatic heterocycles. The SMILES string of the molecule is C/C=C\Cc1cc2cc(Br)ccc2n1C(=O)N(C)C. The Hall–Kier alpha value is -1.55. The second kappa shape index (κ2) is 5.61. The summed E-state index contributed by atoms with van der Waals surface area (Å²) in [6, 6.07) is 8.02. The van der Waals surface area contributed by atoms with Gasteiger partial charge in [-0.05, 0) is 31.2 Å². The normalized spacial score (nSPS) is 11.4. The third-order valence-electron chi connectivity index (χ3n) is 2.98. The zero-order valence-corrected chi connectivity index (χ0v) is 12.9. The van der Waals surface area contributed by atoms with E-state index in [-0.39, 0.29) is 6.03 Å². The maximum absolute atomic E-state index is 12.3. The highest BCUT2D eigenvalue weighted by Gasteiger charge is 2.15. The van der Waals surface area contributed by atoms with Gasteiger partial charge in [0, 0.05) is 36.1 Å². The van der Waals surface area contributed by atoms with Crippen molar-refractivity contribution in [1.29, 1.82) is 0 Å². The molecule has 3 nitrogen and oxygen atoms in total. The van der Waals surface area contributed by atoms with Crippen LogP contribution in [0.5, 0.6) is 0 Å². The first kappa shape index (κ1) is 13.9. The molecule has 0 unspecified atom stereocenters. The van der Waals surface area contributed by atoms with Crippen molar-refractivity contribution in [2.45, 2.75) is 13.3 Å². The molecule has 2 aromatic rings. The Morgan fingerprint density at radius 3 is 2.74 bits per heavy atom. The van der Waals surface area contributed by atoms with Crippen molar-refractivity contribution in [2.24, 2.45) is 0 Å². The van der Waals surface area contributed by atoms with Crippen LogP contribution in [0.3, 0.4) is 0 Å². The lowest BCUT2D eigenvalue weighted by Gasteiger charge is -2.14. The van der Waals surface area contributed by atoms with Crippen LogP contribution in [0.1, 0.15) is 12.6 Å². The van der Waals surface area contributed by atoms with Gasteiger partial charge < -0.3 is 4.90 Å². The molecule has 0 radical (unpaired) electrons. The summed E-state index contributed by atoms with van der Waals surface area (Å²) in [5.74, 6) is 0. The third-order valence-corrected chi connectivity index (χ3v) is 3.47. The van der Waals surface area contributed by atoms with Crippen molar-refractivity contribution in [1.82, 2.24) is 9.47 Å². The van der Waals surface area contributed by atoms with Gasteiger partial charge in [0.15, 0.2) is 0 Å². The molecular weight excluding hydrogens is 304 g/mol. The fraction of sp³-hybridized carbons (Fsp3) is 0.267. The van der Waals surface area contributed by atoms with Crippen LogP contribution in [0.4, 0.5) is 4.79 Å². The summed E-state index contributed by atoms with van der Waals surface area (Å²) in [6.07, 6.45) is 4.81. The molecule has 0 aliphatic rings. The molecule has 19 heavy (non-hydrogen) atoms. The van der Waals surface area contributed by atoms with Gasteiger partial charge >= 0.3 is 6.03 Å². The molecule has 0 spiro atoms. The van der Waals surface area contributed by atoms with Gasteiger partial charge in [-0.2, -0.15) is 0 Å². The van der Waals surface area contributed by atoms with Crippen LogP contribution < -0.4 is 0 Å². The fourth-order valence-corrected chi connectivity index (χ4v) is 2.44. The number of amides is 1. The van der Waals surface area contributed by atoms with Crippen molar-refractivity contribution in [3.63, 3.8) is 0 Å². The second-order valence-electron chi connectivity index (χ2n) is 4.62. The van der Waals surface area contributed by atoms with E-state index in [1.54, 1.807) is 23.6 Å². The van der Waals surface area contributed by atoms with Gasteiger partial charge in [-0.1, -0.05) is 28.1 Å². The van der Waals surface area contributed by atoms with Gasteiger partial charge in [0.25, 0.3) is 0 Å². The summed E-state index contributed by atoms with van der Waals surface area (Å²) in [5.41, 5.74) is 1.95. The van der Waals surface area contributed by atoms with E-state index in [1.807, 2.05) is 31.2 Å². The summed E-state index contributed by atoms with van der Waals surface area (Å²) in [7, 11) is 3.54. The largest absolute Gasteiger partial charge is 0.330 e. The van der Waals surface area contributed by atoms with E-state index in [0.29, 0.717) is 0 Å². The predicted octanol–water partition coefficient (Wildman–Crippen LogP) is 4.05. The van der Waals surface area contributed by atoms with Crippen molar-refractivity contribution in [3.05, 3.63) is 46.6 Å². The lowest BCUT2D eigenvalue weighted by Crippen LogP contribution is -2.28. The maximum atomic E-state index is 12.3. The number of allylic oxidation sites excluding steroid dienone is 2. The Morgan fingerprint density at radius 1 is 1.37 bits per heavy atom. The fourth-order valence-electron chi connectivity index (χ4n) is 2.06. The van der Waals surface area contributed by atoms with Crippen LogP contribution >= 0.6 is 15.9 Å². The molecule has 1 amide bonds. The minimum Gasteiger partial charge on any atom is -0.330 e. The highest BCUT2D eigenvalue weighted by molar-refractivity contribution is 9.10. The van der Waals surface area contributed by atoms with E-state index in [1.165, 1.54) is 0 Å². The number of aromatic nitrogens is 1. The van der Waals surface area contributed by atoms with Crippen molar-refractivity contribution in [2.75, 3.05) is 14.1 Å². The number of fused-ring (bicyclic) bond motifs is 1. The summed E-state index contributed by atoms with van der Waals surface area (Å²) < 4.78 is 2.80. The molecule has 100 valence electrons. The summed E-state index contributed by atoms with van der Waals surface area (Å²) in [6.45, 7) is 1.98. The first-order valence-electron chi connectivity index (χ1n) is 6.17. The van der Waals surface area contributed by atoms with Gasteiger partial charge in [-0.25, -0.2) is 4.79 Å². The molecule has 0 aliphatic heterocycles. The standard InChI is InChI=1S/C15H17BrN2O/c1-4-5-6-13-10-11-9-12(16)7-8-14(11)18(13)15(19)17(2)3/h4-5,7-10H,6H2,1-3H3/b5-4-. The summed E-state index contributed by atoms with van der Waals surface area (Å²) in [4.78, 5) is 13.9. The molecule has 0 saturated carbocycles. The molecule has 0 fully saturated rings. The van der Waals surface area contributed by atoms with E-state index < -0.39 is 0 Å². The first-order valence-corrected chi connectivity index (χ1v) is 6.96. The van der Waals surface area contributed by atoms with Crippen LogP contribution in [-0.2, 0) is 6.42 Å². The summed E-state index contributed by atoms with van der Waals surface area (Å²) >= 11 is 3.47. The molecule has 0 saturated heterocycles. The molecule has 0 bridgehead atoms. The highest BCUT2D eigenvalue weighted by Crippen LogP contribution is 2.24. The zero-order valence-electron chi connectivity index (χ0n) is 11.4. The molecule has 1 heterocycles. The summed E-state index contributed by atoms with van der Waals surface area (Å²) in [5, 5.41) is 1.07. The van der Waals surface area contributed by atoms with E-state index in [2.05, 4.69) is 28.1 Å². The topological polar surface area (TPSA) is 25.2 Å². The van der Waals surface area contributed by atoms with Crippen LogP contribution in [0.2, 0.25) is 0 Å². The van der Waals surface area contributed by atoms with Gasteiger partial charge in [0.2, 0.25) is 0 Å². The number of hydrogen-bond donors (Lipinski definition) is 0. The quantitative estimate of drug-likeness (QED) is 0.766. The molecule has 0 atom stereocenters. The second-order valence-corrected chi connectivity index (χ2v) is 5.54. The third kappa shape index (κ3) is 2.73. The molecule has 4 heteroatoms. The molecule has 0 N–H and O–H groups in total. The number of rotatable bonds is 2. The number of nitrogens with zero attached hydrogens (tertiary/aromatic N) is 2. The van der Waals surface area contributed by atoms with E-state index >= 15 is 0 Å². The van der Waals surface area contributed by atoms with Crippen LogP contribution in [0, 0.1) is 0 Å². The number of halogens is 1. The average molecular weight is 321 g/mol. The number of carbonyl (C=O) groups is 1. The van der Waals surface area contributed by atoms with E-state index in [0.717, 1.165) is 27.5 Å². The van der Waals surface area contributed by atoms with Crippen molar-refractivity contribution < 1.29 is 4.79 Å². The van der Waals surface area contributed by atoms with Crippen LogP contribution in [-0.4, -0.2) is 29.6 Å². The van der Waals surface area contributed by atoms with Gasteiger partial charge in [0.1, 0.15) is 0 Å². The van der Waals surface area contributed by atoms with Gasteiger partial charge in [-0.3, -0.25) is 4.57 Å². The monoisotopic (exact) mass is 320 g/mol. The highest BCUT2D eigenvalue weighted by atomic mass is 79.9. The first-order chi connectivity index (χ1) is 9.04. The number of benzene rings is 1. The maximum Gasteiger partial charge on any atom is 0.328 e. The Kier molecular flexibility index (Phi) is 4.10. The van der Waals surface area contributed by atoms with Crippen molar-refractivity contribution >= 4 is 32.9 Å². The zero-order chi connectivity index (χ0) is 14.0. The van der Waals surface area contributed by atoms with E-state index in [4.69, 9.17) is 0 Å². The molecule has 2 rings (SSSR count). The van der Waals surface area contributed by atoms with Gasteiger partial charge in [-0.15, -0.1) is 0 Å². The minimum absolute atomic E-state index is 0.0168. The van der Waals surface area contributed by atoms with Crippen molar-refractivity contribution in [3.8, 4) is 0 Å². The average Bonchev–Trinajstić information content (AvgIpc) is 2.72. The van der Waals surface area contributed by atoms with Crippen LogP contribution in [0.15, 0.2) is 40.9 Å². The smallest absolute Gasteiger partial charge is 0.328 e. The van der Waals surface area contributed by atoms with E-state index in [9.17, 15) is 4.79 Å². The Balaban J connectivity index is 2.64.